The van der Waals surface area contributed by atoms with Gasteiger partial charge in [-0.1, -0.05) is 12.1 Å². The van der Waals surface area contributed by atoms with Gasteiger partial charge < -0.3 is 14.9 Å². The second kappa shape index (κ2) is 7.07. The maximum atomic E-state index is 11.6. The highest BCUT2D eigenvalue weighted by atomic mass is 16.5. The fraction of sp³-hybridized carbons (Fsp3) is 0.133. The van der Waals surface area contributed by atoms with E-state index in [0.717, 1.165) is 5.56 Å². The first-order valence-electron chi connectivity index (χ1n) is 6.56. The molecule has 2 rings (SSSR count). The summed E-state index contributed by atoms with van der Waals surface area (Å²) >= 11 is 0. The summed E-state index contributed by atoms with van der Waals surface area (Å²) in [6.07, 6.45) is 1.33. The van der Waals surface area contributed by atoms with E-state index in [9.17, 15) is 9.59 Å². The fourth-order valence-corrected chi connectivity index (χ4v) is 1.72. The van der Waals surface area contributed by atoms with Gasteiger partial charge in [-0.05, 0) is 31.2 Å². The van der Waals surface area contributed by atoms with Gasteiger partial charge in [-0.2, -0.15) is 5.10 Å². The molecule has 1 aromatic heterocycles. The highest BCUT2D eigenvalue weighted by Gasteiger charge is 2.08. The molecule has 114 valence electrons. The van der Waals surface area contributed by atoms with Crippen molar-refractivity contribution in [1.82, 2.24) is 5.43 Å². The molecule has 7 nitrogen and oxygen atoms in total. The summed E-state index contributed by atoms with van der Waals surface area (Å²) in [6, 6.07) is 9.54. The summed E-state index contributed by atoms with van der Waals surface area (Å²) in [7, 11) is 0. The summed E-state index contributed by atoms with van der Waals surface area (Å²) in [5, 5.41) is 3.60. The predicted molar refractivity (Wildman–Crippen MR) is 80.4 cm³/mol. The molecule has 0 unspecified atom stereocenters. The summed E-state index contributed by atoms with van der Waals surface area (Å²) in [4.78, 5) is 22.0. The predicted octanol–water partition coefficient (Wildman–Crippen LogP) is 2.13. The average molecular weight is 301 g/mol. The maximum Gasteiger partial charge on any atom is 0.338 e. The van der Waals surface area contributed by atoms with Crippen LogP contribution in [0.5, 0.6) is 0 Å². The summed E-state index contributed by atoms with van der Waals surface area (Å²) in [5.41, 5.74) is 8.23. The van der Waals surface area contributed by atoms with E-state index in [0.29, 0.717) is 23.7 Å². The van der Waals surface area contributed by atoms with Gasteiger partial charge in [-0.3, -0.25) is 0 Å². The number of esters is 1. The summed E-state index contributed by atoms with van der Waals surface area (Å²) in [5.74, 6) is 0.702. The number of nitrogens with zero attached hydrogens (tertiary/aromatic N) is 1. The van der Waals surface area contributed by atoms with Crippen molar-refractivity contribution in [2.75, 3.05) is 6.61 Å². The molecule has 0 atom stereocenters. The first kappa shape index (κ1) is 15.3. The minimum atomic E-state index is -0.752. The Morgan fingerprint density at radius 2 is 2.00 bits per heavy atom. The molecule has 0 saturated carbocycles. The normalized spacial score (nSPS) is 10.6. The fourth-order valence-electron chi connectivity index (χ4n) is 1.72. The maximum absolute atomic E-state index is 11.6. The van der Waals surface area contributed by atoms with Crippen LogP contribution in [0.3, 0.4) is 0 Å². The molecule has 0 bridgehead atoms. The van der Waals surface area contributed by atoms with Crippen molar-refractivity contribution in [3.8, 4) is 11.3 Å². The minimum absolute atomic E-state index is 0.334. The van der Waals surface area contributed by atoms with Gasteiger partial charge in [0.2, 0.25) is 0 Å². The molecule has 1 heterocycles. The zero-order valence-electron chi connectivity index (χ0n) is 11.9. The van der Waals surface area contributed by atoms with Crippen molar-refractivity contribution in [2.24, 2.45) is 10.8 Å². The minimum Gasteiger partial charge on any atom is -0.462 e. The van der Waals surface area contributed by atoms with E-state index in [1.54, 1.807) is 43.3 Å². The van der Waals surface area contributed by atoms with Gasteiger partial charge in [0.15, 0.2) is 0 Å². The second-order valence-electron chi connectivity index (χ2n) is 4.23. The molecule has 1 aromatic carbocycles. The van der Waals surface area contributed by atoms with Crippen molar-refractivity contribution in [1.29, 1.82) is 0 Å². The molecule has 0 aliphatic heterocycles. The largest absolute Gasteiger partial charge is 0.462 e. The Morgan fingerprint density at radius 3 is 2.64 bits per heavy atom. The molecule has 3 N–H and O–H groups in total. The average Bonchev–Trinajstić information content (AvgIpc) is 2.96. The number of hydrogen-bond donors (Lipinski definition) is 2. The molecule has 7 heteroatoms. The van der Waals surface area contributed by atoms with Gasteiger partial charge in [-0.15, -0.1) is 0 Å². The van der Waals surface area contributed by atoms with Gasteiger partial charge in [0.25, 0.3) is 0 Å². The third-order valence-electron chi connectivity index (χ3n) is 2.67. The van der Waals surface area contributed by atoms with E-state index >= 15 is 0 Å². The van der Waals surface area contributed by atoms with Crippen molar-refractivity contribution in [3.63, 3.8) is 0 Å². The van der Waals surface area contributed by atoms with Crippen molar-refractivity contribution in [3.05, 3.63) is 47.7 Å². The van der Waals surface area contributed by atoms with Crippen LogP contribution < -0.4 is 11.2 Å². The molecule has 0 fully saturated rings. The molecule has 0 radical (unpaired) electrons. The monoisotopic (exact) mass is 301 g/mol. The van der Waals surface area contributed by atoms with E-state index in [-0.39, 0.29) is 5.97 Å². The Balaban J connectivity index is 2.09. The molecular formula is C15H15N3O4. The number of nitrogens with one attached hydrogen (secondary N) is 1. The van der Waals surface area contributed by atoms with Gasteiger partial charge in [0, 0.05) is 5.56 Å². The number of hydrazone groups is 1. The Morgan fingerprint density at radius 1 is 1.27 bits per heavy atom. The molecule has 0 saturated heterocycles. The number of rotatable bonds is 5. The zero-order valence-corrected chi connectivity index (χ0v) is 11.9. The lowest BCUT2D eigenvalue weighted by molar-refractivity contribution is 0.0526. The topological polar surface area (TPSA) is 107 Å². The molecule has 0 spiro atoms. The van der Waals surface area contributed by atoms with E-state index in [1.807, 2.05) is 0 Å². The highest BCUT2D eigenvalue weighted by Crippen LogP contribution is 2.22. The lowest BCUT2D eigenvalue weighted by atomic mass is 10.1. The van der Waals surface area contributed by atoms with Crippen LogP contribution in [0.4, 0.5) is 4.79 Å². The van der Waals surface area contributed by atoms with Crippen LogP contribution in [-0.2, 0) is 4.74 Å². The smallest absolute Gasteiger partial charge is 0.338 e. The number of primary amides is 1. The van der Waals surface area contributed by atoms with E-state index < -0.39 is 6.03 Å². The van der Waals surface area contributed by atoms with Gasteiger partial charge in [0.05, 0.1) is 18.4 Å². The first-order chi connectivity index (χ1) is 10.6. The number of carbonyl (C=O) groups is 2. The third kappa shape index (κ3) is 3.95. The van der Waals surface area contributed by atoms with E-state index in [4.69, 9.17) is 14.9 Å². The lowest BCUT2D eigenvalue weighted by Crippen LogP contribution is -2.24. The molecular weight excluding hydrogens is 286 g/mol. The van der Waals surface area contributed by atoms with Gasteiger partial charge >= 0.3 is 12.0 Å². The molecule has 2 amide bonds. The number of furan rings is 1. The number of urea groups is 1. The first-order valence-corrected chi connectivity index (χ1v) is 6.56. The van der Waals surface area contributed by atoms with E-state index in [2.05, 4.69) is 10.5 Å². The lowest BCUT2D eigenvalue weighted by Gasteiger charge is -2.02. The molecule has 22 heavy (non-hydrogen) atoms. The van der Waals surface area contributed by atoms with Gasteiger partial charge in [-0.25, -0.2) is 15.0 Å². The van der Waals surface area contributed by atoms with Crippen LogP contribution >= 0.6 is 0 Å². The van der Waals surface area contributed by atoms with Crippen LogP contribution in [0.2, 0.25) is 0 Å². The highest BCUT2D eigenvalue weighted by molar-refractivity contribution is 5.90. The van der Waals surface area contributed by atoms with Gasteiger partial charge in [0.1, 0.15) is 11.5 Å². The standard InChI is InChI=1S/C15H15N3O4/c1-2-21-14(19)11-5-3-10(4-6-11)13-8-7-12(22-13)9-17-18-15(16)20/h3-9H,2H2,1H3,(H3,16,18,20). The molecule has 2 aromatic rings. The Kier molecular flexibility index (Phi) is 4.92. The quantitative estimate of drug-likeness (QED) is 0.501. The number of ether oxygens (including phenoxy) is 1. The number of amides is 2. The number of hydrogen-bond acceptors (Lipinski definition) is 5. The summed E-state index contributed by atoms with van der Waals surface area (Å²) < 4.78 is 10.5. The van der Waals surface area contributed by atoms with Crippen LogP contribution in [0.15, 0.2) is 45.9 Å². The molecule has 0 aliphatic rings. The summed E-state index contributed by atoms with van der Waals surface area (Å²) in [6.45, 7) is 2.09. The van der Waals surface area contributed by atoms with Crippen LogP contribution in [-0.4, -0.2) is 24.8 Å². The Bertz CT molecular complexity index is 689. The van der Waals surface area contributed by atoms with Crippen molar-refractivity contribution >= 4 is 18.2 Å². The number of carbonyl (C=O) groups excluding carboxylic acids is 2. The third-order valence-corrected chi connectivity index (χ3v) is 2.67. The zero-order chi connectivity index (χ0) is 15.9. The Labute approximate surface area is 126 Å². The van der Waals surface area contributed by atoms with Crippen molar-refractivity contribution in [2.45, 2.75) is 6.92 Å². The second-order valence-corrected chi connectivity index (χ2v) is 4.23. The Hall–Kier alpha value is -3.09. The van der Waals surface area contributed by atoms with E-state index in [1.165, 1.54) is 6.21 Å². The van der Waals surface area contributed by atoms with Crippen LogP contribution in [0.25, 0.3) is 11.3 Å². The van der Waals surface area contributed by atoms with Crippen LogP contribution in [0.1, 0.15) is 23.0 Å². The number of nitrogens with two attached hydrogens (primary N) is 1. The van der Waals surface area contributed by atoms with Crippen LogP contribution in [0, 0.1) is 0 Å². The van der Waals surface area contributed by atoms with Crippen molar-refractivity contribution < 1.29 is 18.7 Å². The number of benzene rings is 1. The SMILES string of the molecule is CCOC(=O)c1ccc(-c2ccc(C=NNC(N)=O)o2)cc1. The molecule has 0 aliphatic carbocycles.